The fraction of sp³-hybridized carbons (Fsp3) is 0.475. The number of benzene rings is 4. The Morgan fingerprint density at radius 2 is 1.74 bits per heavy atom. The van der Waals surface area contributed by atoms with Gasteiger partial charge in [0.25, 0.3) is 21.6 Å². The molecule has 2 aliphatic carbocycles. The van der Waals surface area contributed by atoms with Crippen LogP contribution in [0.25, 0.3) is 11.0 Å². The number of rotatable bonds is 16. The lowest BCUT2D eigenvalue weighted by Crippen LogP contribution is -2.60. The number of carbonyl (C=O) groups excluding carboxylic acids is 1. The molecule has 17 nitrogen and oxygen atoms in total. The van der Waals surface area contributed by atoms with E-state index in [1.165, 1.54) is 58.9 Å². The Hall–Kier alpha value is -6.80. The number of anilines is 2. The van der Waals surface area contributed by atoms with Crippen LogP contribution in [0.5, 0.6) is 23.0 Å². The van der Waals surface area contributed by atoms with E-state index in [2.05, 4.69) is 98.8 Å². The zero-order valence-corrected chi connectivity index (χ0v) is 47.3. The highest BCUT2D eigenvalue weighted by molar-refractivity contribution is 7.90. The number of nitro benzene ring substituents is 1. The lowest BCUT2D eigenvalue weighted by Gasteiger charge is -2.58. The summed E-state index contributed by atoms with van der Waals surface area (Å²) in [6.45, 7) is 17.0. The number of aliphatic hydroxyl groups is 1. The summed E-state index contributed by atoms with van der Waals surface area (Å²) in [5.74, 6) is 0.788. The van der Waals surface area contributed by atoms with Gasteiger partial charge in [-0.3, -0.25) is 24.7 Å². The highest BCUT2D eigenvalue weighted by Crippen LogP contribution is 2.54. The van der Waals surface area contributed by atoms with Gasteiger partial charge in [0, 0.05) is 92.9 Å². The van der Waals surface area contributed by atoms with Crippen LogP contribution >= 0.6 is 0 Å². The van der Waals surface area contributed by atoms with Gasteiger partial charge in [0.2, 0.25) is 0 Å². The number of ether oxygens (including phenoxy) is 3. The van der Waals surface area contributed by atoms with Crippen LogP contribution in [-0.2, 0) is 22.0 Å². The summed E-state index contributed by atoms with van der Waals surface area (Å²) in [7, 11) is -2.94. The molecule has 5 aliphatic rings. The molecule has 1 atom stereocenters. The summed E-state index contributed by atoms with van der Waals surface area (Å²) in [4.78, 5) is 40.0. The third-order valence-corrected chi connectivity index (χ3v) is 19.2. The number of nitro groups is 1. The largest absolute Gasteiger partial charge is 0.493 e. The Kier molecular flexibility index (Phi) is 14.9. The van der Waals surface area contributed by atoms with Gasteiger partial charge in [0.1, 0.15) is 28.7 Å². The molecule has 2 saturated heterocycles. The molecular weight excluding hydrogens is 1040 g/mol. The van der Waals surface area contributed by atoms with Gasteiger partial charge >= 0.3 is 0 Å². The van der Waals surface area contributed by atoms with Crippen LogP contribution in [0.1, 0.15) is 131 Å². The number of aromatic amines is 1. The molecule has 2 aromatic heterocycles. The first kappa shape index (κ1) is 55.1. The molecule has 424 valence electrons. The Balaban J connectivity index is 0.787. The molecule has 1 spiro atoms. The summed E-state index contributed by atoms with van der Waals surface area (Å²) < 4.78 is 63.0. The number of pyridine rings is 1. The number of nitrogens with zero attached hydrogens (tertiary/aromatic N) is 5. The maximum Gasteiger partial charge on any atom is 0.293 e. The lowest BCUT2D eigenvalue weighted by molar-refractivity contribution is -0.384. The van der Waals surface area contributed by atoms with Crippen molar-refractivity contribution in [2.45, 2.75) is 126 Å². The zero-order chi connectivity index (χ0) is 56.3. The smallest absolute Gasteiger partial charge is 0.293 e. The number of amides is 1. The second kappa shape index (κ2) is 21.6. The highest BCUT2D eigenvalue weighted by Gasteiger charge is 2.50. The van der Waals surface area contributed by atoms with Crippen LogP contribution in [0.15, 0.2) is 96.2 Å². The van der Waals surface area contributed by atoms with Crippen molar-refractivity contribution >= 4 is 44.0 Å². The van der Waals surface area contributed by atoms with Gasteiger partial charge in [-0.2, -0.15) is 0 Å². The Morgan fingerprint density at radius 3 is 2.48 bits per heavy atom. The lowest BCUT2D eigenvalue weighted by atomic mass is 9.59. The van der Waals surface area contributed by atoms with Crippen molar-refractivity contribution in [1.82, 2.24) is 24.5 Å². The first-order valence-corrected chi connectivity index (χ1v) is 29.6. The standard InChI is InChI=1S/C61H73FN8O9S/c1-38(2)45-9-7-8-10-46(45)53-36-67(35-40-25-49-56(55(26-40)77-6)78-37-59(49,3)4)23-24-69(53)42-30-61(31-42)19-21-68(22-20-61)41-11-13-47(54(27-41)79-43-28-48-50(62)34-65-57(48)64-33-43)58(71)66-80(75,76)44-12-14-51(52(29-44)70(73)74)63-32-39-15-17-60(5,72)18-16-39/h7-14,25-29,33-34,38-39,42,53,63,72H,15-24,30-32,35-37H2,1-6H3,(H,64,65)(H,66,71)/t39?,53-,60?/m0/s1. The maximum atomic E-state index is 14.8. The van der Waals surface area contributed by atoms with Gasteiger partial charge in [0.15, 0.2) is 11.5 Å². The molecule has 4 fully saturated rings. The van der Waals surface area contributed by atoms with Crippen molar-refractivity contribution in [3.05, 3.63) is 135 Å². The average Bonchev–Trinajstić information content (AvgIpc) is 4.09. The number of carbonyl (C=O) groups is 1. The van der Waals surface area contributed by atoms with E-state index in [0.29, 0.717) is 43.6 Å². The number of piperidine rings is 1. The molecule has 5 heterocycles. The molecule has 4 aromatic carbocycles. The predicted molar refractivity (Wildman–Crippen MR) is 305 cm³/mol. The van der Waals surface area contributed by atoms with E-state index < -0.39 is 42.9 Å². The number of H-pyrrole nitrogens is 1. The van der Waals surface area contributed by atoms with E-state index >= 15 is 0 Å². The van der Waals surface area contributed by atoms with Crippen LogP contribution < -0.4 is 29.1 Å². The molecule has 11 rings (SSSR count). The van der Waals surface area contributed by atoms with Crippen LogP contribution in [0.3, 0.4) is 0 Å². The third-order valence-electron chi connectivity index (χ3n) is 17.9. The van der Waals surface area contributed by atoms with Crippen molar-refractivity contribution < 1.29 is 41.8 Å². The SMILES string of the molecule is COc1cc(CN2CCN(C3CC4(CCN(c5ccc(C(=O)NS(=O)(=O)c6ccc(NCC7CCC(C)(O)CC7)c([N+](=O)[O-])c6)c(Oc6cnc7[nH]cc(F)c7c6)c5)CC4)C3)[C@H](c3ccccc3C(C)C)C2)cc2c1OCC2(C)C. The first-order valence-electron chi connectivity index (χ1n) is 28.1. The average molecular weight is 1110 g/mol. The third kappa shape index (κ3) is 11.2. The summed E-state index contributed by atoms with van der Waals surface area (Å²) in [6.07, 6.45) is 9.41. The molecule has 0 unspecified atom stereocenters. The fourth-order valence-corrected chi connectivity index (χ4v) is 14.1. The second-order valence-electron chi connectivity index (χ2n) is 24.3. The molecule has 19 heteroatoms. The Morgan fingerprint density at radius 1 is 0.975 bits per heavy atom. The quantitative estimate of drug-likeness (QED) is 0.0526. The summed E-state index contributed by atoms with van der Waals surface area (Å²) in [5.41, 5.74) is 5.20. The van der Waals surface area contributed by atoms with Crippen molar-refractivity contribution in [1.29, 1.82) is 0 Å². The summed E-state index contributed by atoms with van der Waals surface area (Å²) in [5, 5.41) is 25.9. The van der Waals surface area contributed by atoms with Crippen molar-refractivity contribution in [3.8, 4) is 23.0 Å². The van der Waals surface area contributed by atoms with Gasteiger partial charge in [-0.25, -0.2) is 22.5 Å². The topological polar surface area (TPSA) is 205 Å². The number of sulfonamides is 1. The van der Waals surface area contributed by atoms with Crippen molar-refractivity contribution in [2.24, 2.45) is 11.3 Å². The van der Waals surface area contributed by atoms with Gasteiger partial charge in [-0.15, -0.1) is 0 Å². The van der Waals surface area contributed by atoms with E-state index in [-0.39, 0.29) is 50.9 Å². The molecule has 3 aliphatic heterocycles. The monoisotopic (exact) mass is 1110 g/mol. The Labute approximate surface area is 467 Å². The van der Waals surface area contributed by atoms with Crippen molar-refractivity contribution in [3.63, 3.8) is 0 Å². The molecule has 80 heavy (non-hydrogen) atoms. The van der Waals surface area contributed by atoms with E-state index in [1.54, 1.807) is 26.2 Å². The maximum absolute atomic E-state index is 14.8. The summed E-state index contributed by atoms with van der Waals surface area (Å²) >= 11 is 0. The van der Waals surface area contributed by atoms with Gasteiger partial charge in [-0.05, 0) is 135 Å². The number of piperazine rings is 1. The van der Waals surface area contributed by atoms with Gasteiger partial charge < -0.3 is 34.5 Å². The first-order chi connectivity index (χ1) is 38.2. The number of hydrogen-bond donors (Lipinski definition) is 4. The number of hydrogen-bond acceptors (Lipinski definition) is 14. The summed E-state index contributed by atoms with van der Waals surface area (Å²) in [6, 6.07) is 24.0. The number of fused-ring (bicyclic) bond motifs is 2. The van der Waals surface area contributed by atoms with E-state index in [0.717, 1.165) is 101 Å². The van der Waals surface area contributed by atoms with E-state index in [1.807, 2.05) is 0 Å². The Bertz CT molecular complexity index is 3430. The molecule has 2 saturated carbocycles. The zero-order valence-electron chi connectivity index (χ0n) is 46.5. The normalized spacial score (nSPS) is 22.2. The van der Waals surface area contributed by atoms with Gasteiger partial charge in [0.05, 0.1) is 46.3 Å². The van der Waals surface area contributed by atoms with Crippen LogP contribution in [0, 0.1) is 27.3 Å². The van der Waals surface area contributed by atoms with Gasteiger partial charge in [-0.1, -0.05) is 52.0 Å². The molecule has 6 aromatic rings. The van der Waals surface area contributed by atoms with E-state index in [4.69, 9.17) is 14.2 Å². The van der Waals surface area contributed by atoms with Crippen LogP contribution in [0.4, 0.5) is 21.5 Å². The van der Waals surface area contributed by atoms with Crippen LogP contribution in [0.2, 0.25) is 0 Å². The van der Waals surface area contributed by atoms with Crippen LogP contribution in [-0.4, -0.2) is 109 Å². The minimum absolute atomic E-state index is 0.0195. The van der Waals surface area contributed by atoms with Crippen molar-refractivity contribution in [2.75, 3.05) is 63.2 Å². The number of aromatic nitrogens is 2. The molecular formula is C61H73FN8O9S. The number of halogens is 1. The molecule has 1 amide bonds. The fourth-order valence-electron chi connectivity index (χ4n) is 13.1. The highest BCUT2D eigenvalue weighted by atomic mass is 32.2. The molecule has 4 N–H and O–H groups in total. The molecule has 0 radical (unpaired) electrons. The number of nitrogens with one attached hydrogen (secondary N) is 3. The van der Waals surface area contributed by atoms with E-state index in [9.17, 15) is 32.8 Å². The molecule has 0 bridgehead atoms. The minimum atomic E-state index is -4.65. The predicted octanol–water partition coefficient (Wildman–Crippen LogP) is 11.0. The second-order valence-corrected chi connectivity index (χ2v) is 26.0. The number of methoxy groups -OCH3 is 1. The minimum Gasteiger partial charge on any atom is -0.493 e.